The summed E-state index contributed by atoms with van der Waals surface area (Å²) in [7, 11) is 0. The van der Waals surface area contributed by atoms with Crippen LogP contribution in [0, 0.1) is 59.2 Å². The summed E-state index contributed by atoms with van der Waals surface area (Å²) in [4.78, 5) is 13.1. The van der Waals surface area contributed by atoms with E-state index < -0.39 is 0 Å². The Bertz CT molecular complexity index is 1050. The zero-order valence-electron chi connectivity index (χ0n) is 25.7. The smallest absolute Gasteiger partial charge is 0.338 e. The summed E-state index contributed by atoms with van der Waals surface area (Å²) < 4.78 is 6.12. The van der Waals surface area contributed by atoms with E-state index in [1.807, 2.05) is 6.92 Å². The standard InChI is InChI=1S/C35H56N2O2/c1-21(2)8-7-9-22(3)29-12-13-30-27-11-10-24-18-26(14-16-34(24,5)31(27)15-17-35(29,30)6)39-33(38)28-19-25(36)20-32(37)23(28)4/h19-22,24,26-27,29-31H,7-18,36-37H2,1-6H3. The molecule has 4 fully saturated rings. The molecule has 0 spiro atoms. The molecule has 0 bridgehead atoms. The molecule has 4 aliphatic carbocycles. The highest BCUT2D eigenvalue weighted by molar-refractivity contribution is 5.94. The molecule has 218 valence electrons. The molecular weight excluding hydrogens is 480 g/mol. The van der Waals surface area contributed by atoms with E-state index in [-0.39, 0.29) is 12.1 Å². The van der Waals surface area contributed by atoms with Crippen LogP contribution in [0.15, 0.2) is 12.1 Å². The molecule has 39 heavy (non-hydrogen) atoms. The number of fused-ring (bicyclic) bond motifs is 5. The van der Waals surface area contributed by atoms with Gasteiger partial charge in [0.25, 0.3) is 0 Å². The second-order valence-electron chi connectivity index (χ2n) is 15.3. The Morgan fingerprint density at radius 3 is 2.41 bits per heavy atom. The molecule has 1 aromatic rings. The molecule has 1 aromatic carbocycles. The number of nitrogen functional groups attached to an aromatic ring is 2. The third-order valence-corrected chi connectivity index (χ3v) is 12.8. The number of hydrogen-bond acceptors (Lipinski definition) is 4. The Morgan fingerprint density at radius 2 is 1.67 bits per heavy atom. The quantitative estimate of drug-likeness (QED) is 0.269. The first-order chi connectivity index (χ1) is 18.4. The second kappa shape index (κ2) is 10.9. The monoisotopic (exact) mass is 536 g/mol. The largest absolute Gasteiger partial charge is 0.459 e. The van der Waals surface area contributed by atoms with Crippen molar-refractivity contribution in [1.29, 1.82) is 0 Å². The van der Waals surface area contributed by atoms with E-state index in [4.69, 9.17) is 16.2 Å². The van der Waals surface area contributed by atoms with Crippen LogP contribution in [0.4, 0.5) is 11.4 Å². The minimum Gasteiger partial charge on any atom is -0.459 e. The van der Waals surface area contributed by atoms with E-state index in [1.54, 1.807) is 12.1 Å². The third-order valence-electron chi connectivity index (χ3n) is 12.8. The van der Waals surface area contributed by atoms with Crippen LogP contribution in [0.25, 0.3) is 0 Å². The lowest BCUT2D eigenvalue weighted by atomic mass is 9.44. The van der Waals surface area contributed by atoms with Crippen LogP contribution in [0.1, 0.15) is 128 Å². The molecule has 4 saturated carbocycles. The Labute approximate surface area is 238 Å². The summed E-state index contributed by atoms with van der Waals surface area (Å²) in [6.45, 7) is 14.5. The highest BCUT2D eigenvalue weighted by Crippen LogP contribution is 2.68. The first kappa shape index (κ1) is 28.8. The van der Waals surface area contributed by atoms with Crippen molar-refractivity contribution in [1.82, 2.24) is 0 Å². The molecule has 0 aliphatic heterocycles. The van der Waals surface area contributed by atoms with Crippen molar-refractivity contribution in [3.8, 4) is 0 Å². The highest BCUT2D eigenvalue weighted by Gasteiger charge is 2.60. The van der Waals surface area contributed by atoms with Gasteiger partial charge in [-0.25, -0.2) is 4.79 Å². The SMILES string of the molecule is Cc1c(N)cc(N)cc1C(=O)OC1CCC2(C)C(CCC3C2CCC2(C)C(C(C)CCCC(C)C)CCC32)C1. The maximum Gasteiger partial charge on any atom is 0.338 e. The summed E-state index contributed by atoms with van der Waals surface area (Å²) in [5.74, 6) is 5.67. The Kier molecular flexibility index (Phi) is 8.08. The zero-order valence-corrected chi connectivity index (χ0v) is 25.7. The lowest BCUT2D eigenvalue weighted by Crippen LogP contribution is -2.54. The van der Waals surface area contributed by atoms with Gasteiger partial charge in [-0.2, -0.15) is 0 Å². The number of ether oxygens (including phenoxy) is 1. The predicted octanol–water partition coefficient (Wildman–Crippen LogP) is 8.81. The van der Waals surface area contributed by atoms with Crippen molar-refractivity contribution in [3.63, 3.8) is 0 Å². The molecule has 9 unspecified atom stereocenters. The summed E-state index contributed by atoms with van der Waals surface area (Å²) >= 11 is 0. The van der Waals surface area contributed by atoms with Gasteiger partial charge in [0, 0.05) is 11.4 Å². The van der Waals surface area contributed by atoms with E-state index in [9.17, 15) is 4.79 Å². The van der Waals surface area contributed by atoms with Crippen LogP contribution in [-0.4, -0.2) is 12.1 Å². The highest BCUT2D eigenvalue weighted by atomic mass is 16.5. The van der Waals surface area contributed by atoms with E-state index in [1.165, 1.54) is 64.2 Å². The van der Waals surface area contributed by atoms with Gasteiger partial charge >= 0.3 is 5.97 Å². The molecule has 0 amide bonds. The van der Waals surface area contributed by atoms with Crippen molar-refractivity contribution < 1.29 is 9.53 Å². The first-order valence-corrected chi connectivity index (χ1v) is 16.3. The van der Waals surface area contributed by atoms with Gasteiger partial charge in [0.1, 0.15) is 6.10 Å². The topological polar surface area (TPSA) is 78.3 Å². The fourth-order valence-electron chi connectivity index (χ4n) is 10.5. The molecule has 0 saturated heterocycles. The maximum atomic E-state index is 13.1. The number of benzene rings is 1. The molecule has 0 aromatic heterocycles. The second-order valence-corrected chi connectivity index (χ2v) is 15.3. The molecule has 4 aliphatic rings. The number of carbonyl (C=O) groups excluding carboxylic acids is 1. The van der Waals surface area contributed by atoms with Gasteiger partial charge in [-0.05, 0) is 135 Å². The van der Waals surface area contributed by atoms with E-state index >= 15 is 0 Å². The third kappa shape index (κ3) is 5.23. The van der Waals surface area contributed by atoms with Crippen LogP contribution >= 0.6 is 0 Å². The average Bonchev–Trinajstić information content (AvgIpc) is 3.23. The maximum absolute atomic E-state index is 13.1. The molecule has 4 N–H and O–H groups in total. The Balaban J connectivity index is 1.23. The Morgan fingerprint density at radius 1 is 0.949 bits per heavy atom. The van der Waals surface area contributed by atoms with Gasteiger partial charge in [-0.15, -0.1) is 0 Å². The van der Waals surface area contributed by atoms with Gasteiger partial charge in [0.2, 0.25) is 0 Å². The predicted molar refractivity (Wildman–Crippen MR) is 162 cm³/mol. The minimum absolute atomic E-state index is 0.00517. The molecule has 4 nitrogen and oxygen atoms in total. The molecule has 4 heteroatoms. The van der Waals surface area contributed by atoms with Crippen molar-refractivity contribution >= 4 is 17.3 Å². The van der Waals surface area contributed by atoms with Gasteiger partial charge in [0.05, 0.1) is 5.56 Å². The van der Waals surface area contributed by atoms with Crippen molar-refractivity contribution in [2.24, 2.45) is 52.3 Å². The van der Waals surface area contributed by atoms with Crippen LogP contribution < -0.4 is 11.5 Å². The van der Waals surface area contributed by atoms with E-state index in [2.05, 4.69) is 34.6 Å². The summed E-state index contributed by atoms with van der Waals surface area (Å²) in [6, 6.07) is 3.43. The molecule has 0 heterocycles. The van der Waals surface area contributed by atoms with Crippen LogP contribution in [-0.2, 0) is 4.74 Å². The molecule has 0 radical (unpaired) electrons. The summed E-state index contributed by atoms with van der Waals surface area (Å²) in [5.41, 5.74) is 15.4. The van der Waals surface area contributed by atoms with Gasteiger partial charge in [-0.1, -0.05) is 53.9 Å². The van der Waals surface area contributed by atoms with Crippen molar-refractivity contribution in [2.75, 3.05) is 11.5 Å². The summed E-state index contributed by atoms with van der Waals surface area (Å²) in [5, 5.41) is 0. The number of esters is 1. The summed E-state index contributed by atoms with van der Waals surface area (Å²) in [6.07, 6.45) is 15.8. The van der Waals surface area contributed by atoms with Gasteiger partial charge in [-0.3, -0.25) is 0 Å². The zero-order chi connectivity index (χ0) is 28.1. The average molecular weight is 537 g/mol. The van der Waals surface area contributed by atoms with E-state index in [0.29, 0.717) is 33.7 Å². The Hall–Kier alpha value is -1.71. The molecule has 9 atom stereocenters. The number of anilines is 2. The molecule has 5 rings (SSSR count). The van der Waals surface area contributed by atoms with Crippen molar-refractivity contribution in [3.05, 3.63) is 23.3 Å². The van der Waals surface area contributed by atoms with Crippen LogP contribution in [0.3, 0.4) is 0 Å². The van der Waals surface area contributed by atoms with Crippen molar-refractivity contribution in [2.45, 2.75) is 125 Å². The van der Waals surface area contributed by atoms with Gasteiger partial charge < -0.3 is 16.2 Å². The van der Waals surface area contributed by atoms with E-state index in [0.717, 1.165) is 53.9 Å². The fraction of sp³-hybridized carbons (Fsp3) is 0.800. The number of carbonyl (C=O) groups is 1. The number of hydrogen-bond donors (Lipinski definition) is 2. The molecular formula is C35H56N2O2. The van der Waals surface area contributed by atoms with Crippen LogP contribution in [0.2, 0.25) is 0 Å². The van der Waals surface area contributed by atoms with Gasteiger partial charge in [0.15, 0.2) is 0 Å². The van der Waals surface area contributed by atoms with Crippen LogP contribution in [0.5, 0.6) is 0 Å². The first-order valence-electron chi connectivity index (χ1n) is 16.3. The lowest BCUT2D eigenvalue weighted by Gasteiger charge is -2.61. The fourth-order valence-corrected chi connectivity index (χ4v) is 10.5. The lowest BCUT2D eigenvalue weighted by molar-refractivity contribution is -0.130. The normalized spacial score (nSPS) is 38.5. The minimum atomic E-state index is -0.262. The number of rotatable bonds is 7. The number of nitrogens with two attached hydrogens (primary N) is 2.